The Bertz CT molecular complexity index is 1380. The number of aryl methyl sites for hydroxylation is 1. The molecule has 1 fully saturated rings. The van der Waals surface area contributed by atoms with Crippen molar-refractivity contribution in [1.29, 1.82) is 10.5 Å². The Balaban J connectivity index is 1.61. The zero-order chi connectivity index (χ0) is 25.9. The fraction of sp³-hybridized carbons (Fsp3) is 0.357. The average molecular weight is 480 g/mol. The van der Waals surface area contributed by atoms with Gasteiger partial charge in [0.2, 0.25) is 0 Å². The number of hydrogen-bond acceptors (Lipinski definition) is 7. The van der Waals surface area contributed by atoms with Crippen molar-refractivity contribution in [2.24, 2.45) is 0 Å². The van der Waals surface area contributed by atoms with Gasteiger partial charge in [-0.2, -0.15) is 10.5 Å². The number of carbonyl (C=O) groups is 1. The minimum atomic E-state index is -0.807. The van der Waals surface area contributed by atoms with Crippen molar-refractivity contribution in [1.82, 2.24) is 15.0 Å². The lowest BCUT2D eigenvalue weighted by molar-refractivity contribution is 0.102. The van der Waals surface area contributed by atoms with Crippen LogP contribution in [0.1, 0.15) is 67.3 Å². The fourth-order valence-corrected chi connectivity index (χ4v) is 4.40. The number of carbonyl (C=O) groups excluding carboxylic acids is 1. The number of nitrogens with zero attached hydrogens (tertiary/aromatic N) is 6. The fourth-order valence-electron chi connectivity index (χ4n) is 4.40. The van der Waals surface area contributed by atoms with Crippen molar-refractivity contribution in [3.05, 3.63) is 65.4 Å². The van der Waals surface area contributed by atoms with Crippen LogP contribution < -0.4 is 10.2 Å². The normalized spacial score (nSPS) is 15.6. The van der Waals surface area contributed by atoms with Gasteiger partial charge in [-0.15, -0.1) is 0 Å². The second-order valence-corrected chi connectivity index (χ2v) is 9.72. The molecule has 182 valence electrons. The van der Waals surface area contributed by atoms with E-state index in [1.54, 1.807) is 38.4 Å². The second-order valence-electron chi connectivity index (χ2n) is 9.72. The molecule has 0 aliphatic carbocycles. The van der Waals surface area contributed by atoms with Crippen molar-refractivity contribution in [2.75, 3.05) is 16.8 Å². The molecular weight excluding hydrogens is 450 g/mol. The highest BCUT2D eigenvalue weighted by molar-refractivity contribution is 6.04. The third-order valence-corrected chi connectivity index (χ3v) is 6.66. The van der Waals surface area contributed by atoms with Crippen LogP contribution in [0.2, 0.25) is 0 Å². The summed E-state index contributed by atoms with van der Waals surface area (Å²) in [5.41, 5.74) is 3.49. The largest absolute Gasteiger partial charge is 0.353 e. The molecule has 0 bridgehead atoms. The predicted molar refractivity (Wildman–Crippen MR) is 138 cm³/mol. The summed E-state index contributed by atoms with van der Waals surface area (Å²) in [4.78, 5) is 28.5. The molecule has 1 aliphatic heterocycles. The predicted octanol–water partition coefficient (Wildman–Crippen LogP) is 5.15. The minimum absolute atomic E-state index is 0.325. The van der Waals surface area contributed by atoms with Gasteiger partial charge in [-0.1, -0.05) is 0 Å². The number of nitrogens with one attached hydrogen (secondary N) is 1. The number of hydrogen-bond donors (Lipinski definition) is 1. The van der Waals surface area contributed by atoms with Gasteiger partial charge in [-0.3, -0.25) is 14.8 Å². The summed E-state index contributed by atoms with van der Waals surface area (Å²) in [6, 6.07) is 11.8. The first-order valence-corrected chi connectivity index (χ1v) is 12.1. The van der Waals surface area contributed by atoms with E-state index < -0.39 is 5.41 Å². The Kier molecular flexibility index (Phi) is 6.98. The lowest BCUT2D eigenvalue weighted by Crippen LogP contribution is -2.38. The third-order valence-electron chi connectivity index (χ3n) is 6.66. The molecule has 4 heterocycles. The van der Waals surface area contributed by atoms with E-state index >= 15 is 0 Å². The highest BCUT2D eigenvalue weighted by atomic mass is 16.1. The van der Waals surface area contributed by atoms with Crippen LogP contribution in [0.4, 0.5) is 11.5 Å². The van der Waals surface area contributed by atoms with E-state index in [2.05, 4.69) is 44.2 Å². The standard InChI is InChI=1S/C28H29N7O/c1-18-7-5-6-10-35(18)26-21(14-29)11-22(15-33-26)24-13-23(16-32-19(24)2)34-27(36)20-8-9-31-25(12-20)28(3,4)17-30/h8-9,11-13,15-16,18H,5-7,10H2,1-4H3,(H,34,36). The number of piperidine rings is 1. The maximum absolute atomic E-state index is 13.0. The zero-order valence-electron chi connectivity index (χ0n) is 21.0. The van der Waals surface area contributed by atoms with Crippen molar-refractivity contribution in [3.63, 3.8) is 0 Å². The lowest BCUT2D eigenvalue weighted by Gasteiger charge is -2.34. The van der Waals surface area contributed by atoms with Crippen molar-refractivity contribution in [3.8, 4) is 23.3 Å². The van der Waals surface area contributed by atoms with Gasteiger partial charge in [0.15, 0.2) is 0 Å². The number of nitriles is 2. The minimum Gasteiger partial charge on any atom is -0.353 e. The van der Waals surface area contributed by atoms with E-state index in [-0.39, 0.29) is 5.91 Å². The van der Waals surface area contributed by atoms with Crippen LogP contribution >= 0.6 is 0 Å². The quantitative estimate of drug-likeness (QED) is 0.537. The van der Waals surface area contributed by atoms with Crippen LogP contribution in [-0.4, -0.2) is 33.4 Å². The maximum Gasteiger partial charge on any atom is 0.255 e. The van der Waals surface area contributed by atoms with Gasteiger partial charge >= 0.3 is 0 Å². The van der Waals surface area contributed by atoms with E-state index in [1.165, 1.54) is 12.6 Å². The molecule has 0 spiro atoms. The molecule has 3 aromatic rings. The molecule has 1 saturated heterocycles. The van der Waals surface area contributed by atoms with Gasteiger partial charge in [0.05, 0.1) is 34.6 Å². The zero-order valence-corrected chi connectivity index (χ0v) is 21.0. The Morgan fingerprint density at radius 1 is 1.14 bits per heavy atom. The van der Waals surface area contributed by atoms with E-state index in [0.717, 1.165) is 42.0 Å². The Hall–Kier alpha value is -4.30. The van der Waals surface area contributed by atoms with Crippen LogP contribution in [0.3, 0.4) is 0 Å². The summed E-state index contributed by atoms with van der Waals surface area (Å²) < 4.78 is 0. The first-order valence-electron chi connectivity index (χ1n) is 12.1. The smallest absolute Gasteiger partial charge is 0.255 e. The van der Waals surface area contributed by atoms with Crippen LogP contribution in [0.25, 0.3) is 11.1 Å². The summed E-state index contributed by atoms with van der Waals surface area (Å²) in [7, 11) is 0. The second kappa shape index (κ2) is 10.1. The molecule has 0 aromatic carbocycles. The molecule has 1 N–H and O–H groups in total. The molecule has 0 saturated carbocycles. The first-order chi connectivity index (χ1) is 17.2. The maximum atomic E-state index is 13.0. The monoisotopic (exact) mass is 479 g/mol. The number of pyridine rings is 3. The highest BCUT2D eigenvalue weighted by Crippen LogP contribution is 2.31. The van der Waals surface area contributed by atoms with Crippen LogP contribution in [0.5, 0.6) is 0 Å². The summed E-state index contributed by atoms with van der Waals surface area (Å²) >= 11 is 0. The summed E-state index contributed by atoms with van der Waals surface area (Å²) in [6.07, 6.45) is 8.27. The summed E-state index contributed by atoms with van der Waals surface area (Å²) in [5.74, 6) is 0.395. The van der Waals surface area contributed by atoms with Crippen molar-refractivity contribution in [2.45, 2.75) is 58.4 Å². The van der Waals surface area contributed by atoms with Gasteiger partial charge < -0.3 is 10.2 Å². The molecule has 1 aliphatic rings. The van der Waals surface area contributed by atoms with Gasteiger partial charge in [0.1, 0.15) is 11.9 Å². The number of rotatable bonds is 5. The molecule has 36 heavy (non-hydrogen) atoms. The van der Waals surface area contributed by atoms with Crippen LogP contribution in [0.15, 0.2) is 42.9 Å². The topological polar surface area (TPSA) is 119 Å². The molecule has 8 nitrogen and oxygen atoms in total. The average Bonchev–Trinajstić information content (AvgIpc) is 2.90. The Labute approximate surface area is 211 Å². The SMILES string of the molecule is Cc1ncc(NC(=O)c2ccnc(C(C)(C)C#N)c2)cc1-c1cnc(N2CCCCC2C)c(C#N)c1. The Morgan fingerprint density at radius 2 is 1.94 bits per heavy atom. The van der Waals surface area contributed by atoms with E-state index in [1.807, 2.05) is 19.1 Å². The lowest BCUT2D eigenvalue weighted by atomic mass is 9.90. The number of aromatic nitrogens is 3. The van der Waals surface area contributed by atoms with Crippen molar-refractivity contribution < 1.29 is 4.79 Å². The van der Waals surface area contributed by atoms with Gasteiger partial charge in [-0.25, -0.2) is 4.98 Å². The van der Waals surface area contributed by atoms with E-state index in [0.29, 0.717) is 28.6 Å². The first kappa shape index (κ1) is 24.8. The number of amides is 1. The van der Waals surface area contributed by atoms with Crippen LogP contribution in [0, 0.1) is 29.6 Å². The van der Waals surface area contributed by atoms with E-state index in [9.17, 15) is 15.3 Å². The molecule has 1 amide bonds. The summed E-state index contributed by atoms with van der Waals surface area (Å²) in [6.45, 7) is 8.46. The summed E-state index contributed by atoms with van der Waals surface area (Å²) in [5, 5.41) is 22.1. The molecule has 4 rings (SSSR count). The molecular formula is C28H29N7O. The molecule has 1 unspecified atom stereocenters. The number of anilines is 2. The highest BCUT2D eigenvalue weighted by Gasteiger charge is 2.24. The molecule has 0 radical (unpaired) electrons. The third kappa shape index (κ3) is 5.04. The molecule has 8 heteroatoms. The van der Waals surface area contributed by atoms with Gasteiger partial charge in [0, 0.05) is 47.4 Å². The van der Waals surface area contributed by atoms with Crippen molar-refractivity contribution >= 4 is 17.4 Å². The molecule has 3 aromatic heterocycles. The van der Waals surface area contributed by atoms with Gasteiger partial charge in [-0.05, 0) is 71.2 Å². The van der Waals surface area contributed by atoms with Crippen LogP contribution in [-0.2, 0) is 5.41 Å². The van der Waals surface area contributed by atoms with E-state index in [4.69, 9.17) is 0 Å². The molecule has 1 atom stereocenters. The Morgan fingerprint density at radius 3 is 2.67 bits per heavy atom. The van der Waals surface area contributed by atoms with Gasteiger partial charge in [0.25, 0.3) is 5.91 Å².